The molecule has 0 saturated heterocycles. The lowest BCUT2D eigenvalue weighted by Crippen LogP contribution is -2.27. The van der Waals surface area contributed by atoms with E-state index in [1.807, 2.05) is 30.3 Å². The molecule has 1 amide bonds. The van der Waals surface area contributed by atoms with Gasteiger partial charge in [0.1, 0.15) is 10.8 Å². The molecular formula is C18H13Cl3N2O. The maximum Gasteiger partial charge on any atom is 0.272 e. The molecule has 1 aromatic heterocycles. The molecule has 24 heavy (non-hydrogen) atoms. The van der Waals surface area contributed by atoms with Gasteiger partial charge in [0.05, 0.1) is 10.0 Å². The molecule has 0 spiro atoms. The molecule has 0 saturated carbocycles. The lowest BCUT2D eigenvalue weighted by atomic mass is 10.1. The lowest BCUT2D eigenvalue weighted by molar-refractivity contribution is 0.0779. The average Bonchev–Trinajstić information content (AvgIpc) is 2.58. The summed E-state index contributed by atoms with van der Waals surface area (Å²) in [6, 6.07) is 14.6. The van der Waals surface area contributed by atoms with E-state index in [-0.39, 0.29) is 5.91 Å². The van der Waals surface area contributed by atoms with Crippen molar-refractivity contribution in [1.82, 2.24) is 9.88 Å². The van der Waals surface area contributed by atoms with E-state index in [4.69, 9.17) is 34.8 Å². The third-order valence-corrected chi connectivity index (χ3v) is 4.84. The summed E-state index contributed by atoms with van der Waals surface area (Å²) in [4.78, 5) is 18.4. The first-order valence-electron chi connectivity index (χ1n) is 7.21. The van der Waals surface area contributed by atoms with Gasteiger partial charge in [0.25, 0.3) is 5.91 Å². The van der Waals surface area contributed by atoms with Gasteiger partial charge in [-0.25, -0.2) is 4.98 Å². The second kappa shape index (κ2) is 6.98. The van der Waals surface area contributed by atoms with E-state index in [2.05, 4.69) is 4.98 Å². The van der Waals surface area contributed by atoms with Crippen molar-refractivity contribution in [2.45, 2.75) is 6.54 Å². The van der Waals surface area contributed by atoms with Crippen LogP contribution in [0.25, 0.3) is 10.8 Å². The number of halogens is 3. The third-order valence-electron chi connectivity index (χ3n) is 3.70. The van der Waals surface area contributed by atoms with Crippen molar-refractivity contribution in [3.63, 3.8) is 0 Å². The molecule has 3 rings (SSSR count). The minimum Gasteiger partial charge on any atom is -0.336 e. The van der Waals surface area contributed by atoms with Crippen LogP contribution in [0.1, 0.15) is 16.1 Å². The van der Waals surface area contributed by atoms with Gasteiger partial charge in [-0.15, -0.1) is 0 Å². The fraction of sp³-hybridized carbons (Fsp3) is 0.111. The summed E-state index contributed by atoms with van der Waals surface area (Å²) in [6.45, 7) is 0.324. The minimum absolute atomic E-state index is 0.237. The van der Waals surface area contributed by atoms with Gasteiger partial charge in [0, 0.05) is 19.0 Å². The maximum atomic E-state index is 12.7. The number of carbonyl (C=O) groups is 1. The van der Waals surface area contributed by atoms with Gasteiger partial charge >= 0.3 is 0 Å². The summed E-state index contributed by atoms with van der Waals surface area (Å²) in [5.41, 5.74) is 1.06. The van der Waals surface area contributed by atoms with Crippen LogP contribution in [0.2, 0.25) is 15.2 Å². The van der Waals surface area contributed by atoms with Crippen LogP contribution < -0.4 is 0 Å². The summed E-state index contributed by atoms with van der Waals surface area (Å²) >= 11 is 18.4. The molecule has 0 fully saturated rings. The molecule has 0 N–H and O–H groups in total. The largest absolute Gasteiger partial charge is 0.336 e. The van der Waals surface area contributed by atoms with Crippen LogP contribution in [0, 0.1) is 0 Å². The number of pyridine rings is 1. The Hall–Kier alpha value is -1.81. The van der Waals surface area contributed by atoms with Crippen LogP contribution in [-0.4, -0.2) is 22.8 Å². The molecule has 3 aromatic rings. The molecular weight excluding hydrogens is 367 g/mol. The molecule has 0 aliphatic heterocycles. The molecule has 0 atom stereocenters. The molecule has 3 nitrogen and oxygen atoms in total. The number of amides is 1. The zero-order valence-electron chi connectivity index (χ0n) is 12.8. The Kier molecular flexibility index (Phi) is 4.95. The van der Waals surface area contributed by atoms with Crippen LogP contribution in [0.5, 0.6) is 0 Å². The standard InChI is InChI=1S/C18H13Cl3N2O/c1-23(10-12-6-4-8-14(19)16(12)20)18(24)15-9-11-5-2-3-7-13(11)17(21)22-15/h2-9H,10H2,1H3. The van der Waals surface area contributed by atoms with Crippen LogP contribution in [0.15, 0.2) is 48.5 Å². The third kappa shape index (κ3) is 3.34. The molecule has 0 aliphatic carbocycles. The zero-order chi connectivity index (χ0) is 17.3. The minimum atomic E-state index is -0.237. The number of aromatic nitrogens is 1. The van der Waals surface area contributed by atoms with Crippen LogP contribution in [0.4, 0.5) is 0 Å². The molecule has 122 valence electrons. The summed E-state index contributed by atoms with van der Waals surface area (Å²) in [5, 5.41) is 2.90. The molecule has 0 radical (unpaired) electrons. The Bertz CT molecular complexity index is 927. The monoisotopic (exact) mass is 378 g/mol. The number of rotatable bonds is 3. The first-order valence-corrected chi connectivity index (χ1v) is 8.34. The van der Waals surface area contributed by atoms with Gasteiger partial charge < -0.3 is 4.90 Å². The van der Waals surface area contributed by atoms with E-state index in [1.165, 1.54) is 4.90 Å². The number of hydrogen-bond acceptors (Lipinski definition) is 2. The van der Waals surface area contributed by atoms with Crippen LogP contribution >= 0.6 is 34.8 Å². The van der Waals surface area contributed by atoms with Crippen molar-refractivity contribution in [3.05, 3.63) is 75.0 Å². The van der Waals surface area contributed by atoms with Crippen LogP contribution in [0.3, 0.4) is 0 Å². The number of carbonyl (C=O) groups excluding carboxylic acids is 1. The Balaban J connectivity index is 1.89. The van der Waals surface area contributed by atoms with E-state index in [0.29, 0.717) is 27.4 Å². The van der Waals surface area contributed by atoms with E-state index < -0.39 is 0 Å². The average molecular weight is 380 g/mol. The predicted molar refractivity (Wildman–Crippen MR) is 99.0 cm³/mol. The molecule has 1 heterocycles. The molecule has 0 unspecified atom stereocenters. The molecule has 0 bridgehead atoms. The number of fused-ring (bicyclic) bond motifs is 1. The number of nitrogens with zero attached hydrogens (tertiary/aromatic N) is 2. The van der Waals surface area contributed by atoms with E-state index in [0.717, 1.165) is 16.3 Å². The second-order valence-electron chi connectivity index (χ2n) is 5.39. The maximum absolute atomic E-state index is 12.7. The van der Waals surface area contributed by atoms with Gasteiger partial charge in [-0.3, -0.25) is 4.79 Å². The number of hydrogen-bond donors (Lipinski definition) is 0. The van der Waals surface area contributed by atoms with Crippen molar-refractivity contribution < 1.29 is 4.79 Å². The SMILES string of the molecule is CN(Cc1cccc(Cl)c1Cl)C(=O)c1cc2ccccc2c(Cl)n1. The quantitative estimate of drug-likeness (QED) is 0.566. The van der Waals surface area contributed by atoms with Crippen molar-refractivity contribution in [3.8, 4) is 0 Å². The van der Waals surface area contributed by atoms with Gasteiger partial charge in [-0.05, 0) is 23.1 Å². The van der Waals surface area contributed by atoms with E-state index in [9.17, 15) is 4.79 Å². The lowest BCUT2D eigenvalue weighted by Gasteiger charge is -2.18. The molecule has 0 aliphatic rings. The van der Waals surface area contributed by atoms with Gasteiger partial charge in [0.2, 0.25) is 0 Å². The van der Waals surface area contributed by atoms with Gasteiger partial charge in [-0.1, -0.05) is 71.2 Å². The first kappa shape index (κ1) is 17.0. The van der Waals surface area contributed by atoms with E-state index in [1.54, 1.807) is 25.2 Å². The highest BCUT2D eigenvalue weighted by molar-refractivity contribution is 6.42. The van der Waals surface area contributed by atoms with Crippen molar-refractivity contribution in [1.29, 1.82) is 0 Å². The number of benzene rings is 2. The Labute approximate surface area is 154 Å². The van der Waals surface area contributed by atoms with E-state index >= 15 is 0 Å². The second-order valence-corrected chi connectivity index (χ2v) is 6.54. The highest BCUT2D eigenvalue weighted by Crippen LogP contribution is 2.27. The highest BCUT2D eigenvalue weighted by atomic mass is 35.5. The fourth-order valence-electron chi connectivity index (χ4n) is 2.46. The Morgan fingerprint density at radius 2 is 1.83 bits per heavy atom. The normalized spacial score (nSPS) is 10.8. The van der Waals surface area contributed by atoms with Crippen molar-refractivity contribution >= 4 is 51.5 Å². The van der Waals surface area contributed by atoms with Crippen LogP contribution in [-0.2, 0) is 6.54 Å². The van der Waals surface area contributed by atoms with Crippen molar-refractivity contribution in [2.75, 3.05) is 7.05 Å². The smallest absolute Gasteiger partial charge is 0.272 e. The Morgan fingerprint density at radius 3 is 2.62 bits per heavy atom. The van der Waals surface area contributed by atoms with Gasteiger partial charge in [-0.2, -0.15) is 0 Å². The summed E-state index contributed by atoms with van der Waals surface area (Å²) in [7, 11) is 1.68. The van der Waals surface area contributed by atoms with Crippen molar-refractivity contribution in [2.24, 2.45) is 0 Å². The first-order chi connectivity index (χ1) is 11.5. The van der Waals surface area contributed by atoms with Gasteiger partial charge in [0.15, 0.2) is 0 Å². The fourth-order valence-corrected chi connectivity index (χ4v) is 3.10. The topological polar surface area (TPSA) is 33.2 Å². The summed E-state index contributed by atoms with van der Waals surface area (Å²) in [6.07, 6.45) is 0. The molecule has 2 aromatic carbocycles. The highest BCUT2D eigenvalue weighted by Gasteiger charge is 2.17. The summed E-state index contributed by atoms with van der Waals surface area (Å²) < 4.78 is 0. The summed E-state index contributed by atoms with van der Waals surface area (Å²) in [5.74, 6) is -0.237. The molecule has 6 heteroatoms. The Morgan fingerprint density at radius 1 is 1.08 bits per heavy atom. The zero-order valence-corrected chi connectivity index (χ0v) is 15.0. The predicted octanol–water partition coefficient (Wildman–Crippen LogP) is 5.47.